The van der Waals surface area contributed by atoms with Crippen molar-refractivity contribution in [1.29, 1.82) is 0 Å². The number of hydrogen-bond acceptors (Lipinski definition) is 3. The lowest BCUT2D eigenvalue weighted by molar-refractivity contribution is 0.609. The molecule has 68 valence electrons. The molecule has 0 radical (unpaired) electrons. The first-order chi connectivity index (χ1) is 5.08. The number of nitrogens with zero attached hydrogens (tertiary/aromatic N) is 1. The van der Waals surface area contributed by atoms with Crippen molar-refractivity contribution in [1.82, 2.24) is 4.98 Å². The van der Waals surface area contributed by atoms with Gasteiger partial charge < -0.3 is 0 Å². The van der Waals surface area contributed by atoms with Gasteiger partial charge in [0.25, 0.3) is 0 Å². The Morgan fingerprint density at radius 2 is 2.17 bits per heavy atom. The molecule has 1 aromatic rings. The molecule has 0 aromatic carbocycles. The van der Waals surface area contributed by atoms with Crippen molar-refractivity contribution in [3.63, 3.8) is 0 Å². The van der Waals surface area contributed by atoms with Crippen LogP contribution in [-0.2, 0) is 14.8 Å². The summed E-state index contributed by atoms with van der Waals surface area (Å²) in [6, 6.07) is 3.32. The number of hydrogen-bond donors (Lipinski definition) is 0. The lowest BCUT2D eigenvalue weighted by Crippen LogP contribution is -1.94. The minimum Gasteiger partial charge on any atom is -0.264 e. The summed E-state index contributed by atoms with van der Waals surface area (Å²) >= 11 is 0. The van der Waals surface area contributed by atoms with E-state index in [9.17, 15) is 8.42 Å². The van der Waals surface area contributed by atoms with Crippen molar-refractivity contribution in [2.75, 3.05) is 0 Å². The molecule has 0 aliphatic heterocycles. The van der Waals surface area contributed by atoms with Crippen LogP contribution in [0, 0.1) is 0 Å². The number of rotatable bonds is 2. The largest absolute Gasteiger partial charge is 0.264 e. The fourth-order valence-corrected chi connectivity index (χ4v) is 1.63. The monoisotopic (exact) mass is 227 g/mol. The van der Waals surface area contributed by atoms with Gasteiger partial charge in [-0.05, 0) is 11.6 Å². The highest BCUT2D eigenvalue weighted by atomic mass is 35.7. The van der Waals surface area contributed by atoms with Crippen molar-refractivity contribution >= 4 is 32.1 Å². The maximum Gasteiger partial charge on any atom is 0.236 e. The summed E-state index contributed by atoms with van der Waals surface area (Å²) in [7, 11) is 1.57. The Labute approximate surface area is 81.6 Å². The second-order valence-electron chi connectivity index (χ2n) is 2.04. The molecule has 0 saturated carbocycles. The van der Waals surface area contributed by atoms with Crippen molar-refractivity contribution in [2.24, 2.45) is 0 Å². The zero-order valence-corrected chi connectivity index (χ0v) is 8.36. The van der Waals surface area contributed by atoms with E-state index in [0.29, 0.717) is 5.56 Å². The first kappa shape index (κ1) is 11.7. The minimum absolute atomic E-state index is 0. The van der Waals surface area contributed by atoms with E-state index in [0.717, 1.165) is 0 Å². The van der Waals surface area contributed by atoms with Gasteiger partial charge >= 0.3 is 0 Å². The van der Waals surface area contributed by atoms with E-state index >= 15 is 0 Å². The van der Waals surface area contributed by atoms with Gasteiger partial charge in [-0.1, -0.05) is 6.07 Å². The molecule has 0 amide bonds. The van der Waals surface area contributed by atoms with Crippen LogP contribution in [0.1, 0.15) is 5.56 Å². The fraction of sp³-hybridized carbons (Fsp3) is 0.167. The Hall–Kier alpha value is -0.320. The van der Waals surface area contributed by atoms with Gasteiger partial charge in [-0.2, -0.15) is 0 Å². The van der Waals surface area contributed by atoms with E-state index in [2.05, 4.69) is 4.98 Å². The maximum absolute atomic E-state index is 10.5. The number of aromatic nitrogens is 1. The fourth-order valence-electron chi connectivity index (χ4n) is 0.683. The van der Waals surface area contributed by atoms with Crippen LogP contribution in [0.5, 0.6) is 0 Å². The molecular formula is C6H7Cl2NO2S. The molecular weight excluding hydrogens is 221 g/mol. The second-order valence-corrected chi connectivity index (χ2v) is 4.82. The standard InChI is InChI=1S/C6H6ClNO2S.ClH/c7-11(9,10)5-6-2-1-3-8-4-6;/h1-4H,5H2;1H. The van der Waals surface area contributed by atoms with E-state index in [1.807, 2.05) is 0 Å². The SMILES string of the molecule is Cl.O=S(=O)(Cl)Cc1cccnc1. The van der Waals surface area contributed by atoms with Crippen molar-refractivity contribution in [3.8, 4) is 0 Å². The zero-order valence-electron chi connectivity index (χ0n) is 5.97. The first-order valence-electron chi connectivity index (χ1n) is 2.89. The summed E-state index contributed by atoms with van der Waals surface area (Å²) in [6.45, 7) is 0. The summed E-state index contributed by atoms with van der Waals surface area (Å²) < 4.78 is 21.1. The molecule has 0 aliphatic carbocycles. The number of halogens is 2. The molecule has 6 heteroatoms. The summed E-state index contributed by atoms with van der Waals surface area (Å²) in [4.78, 5) is 3.75. The van der Waals surface area contributed by atoms with Crippen LogP contribution in [-0.4, -0.2) is 13.4 Å². The Morgan fingerprint density at radius 3 is 2.58 bits per heavy atom. The lowest BCUT2D eigenvalue weighted by atomic mass is 10.3. The summed E-state index contributed by atoms with van der Waals surface area (Å²) in [6.07, 6.45) is 3.05. The third-order valence-corrected chi connectivity index (χ3v) is 2.07. The van der Waals surface area contributed by atoms with Crippen LogP contribution in [0.3, 0.4) is 0 Å². The molecule has 1 heterocycles. The van der Waals surface area contributed by atoms with Crippen molar-refractivity contribution in [3.05, 3.63) is 30.1 Å². The topological polar surface area (TPSA) is 47.0 Å². The molecule has 0 N–H and O–H groups in total. The van der Waals surface area contributed by atoms with Crippen LogP contribution in [0.4, 0.5) is 0 Å². The zero-order chi connectivity index (χ0) is 8.32. The average Bonchev–Trinajstić information content (AvgIpc) is 1.85. The van der Waals surface area contributed by atoms with Gasteiger partial charge in [-0.3, -0.25) is 4.98 Å². The molecule has 12 heavy (non-hydrogen) atoms. The van der Waals surface area contributed by atoms with Crippen molar-refractivity contribution < 1.29 is 8.42 Å². The molecule has 3 nitrogen and oxygen atoms in total. The van der Waals surface area contributed by atoms with Gasteiger partial charge in [0, 0.05) is 23.1 Å². The molecule has 1 rings (SSSR count). The molecule has 0 aliphatic rings. The predicted molar refractivity (Wildman–Crippen MR) is 50.0 cm³/mol. The van der Waals surface area contributed by atoms with Crippen molar-refractivity contribution in [2.45, 2.75) is 5.75 Å². The smallest absolute Gasteiger partial charge is 0.236 e. The van der Waals surface area contributed by atoms with E-state index in [1.54, 1.807) is 18.3 Å². The quantitative estimate of drug-likeness (QED) is 0.722. The van der Waals surface area contributed by atoms with Crippen LogP contribution >= 0.6 is 23.1 Å². The third-order valence-electron chi connectivity index (χ3n) is 1.06. The lowest BCUT2D eigenvalue weighted by Gasteiger charge is -1.93. The van der Waals surface area contributed by atoms with Gasteiger partial charge in [-0.15, -0.1) is 12.4 Å². The molecule has 0 atom stereocenters. The summed E-state index contributed by atoms with van der Waals surface area (Å²) in [5.41, 5.74) is 0.600. The van der Waals surface area contributed by atoms with Gasteiger partial charge in [0.2, 0.25) is 9.05 Å². The molecule has 0 unspecified atom stereocenters. The van der Waals surface area contributed by atoms with E-state index < -0.39 is 9.05 Å². The molecule has 0 spiro atoms. The molecule has 0 saturated heterocycles. The van der Waals surface area contributed by atoms with Crippen LogP contribution in [0.25, 0.3) is 0 Å². The highest BCUT2D eigenvalue weighted by Crippen LogP contribution is 2.06. The Bertz CT molecular complexity index is 325. The molecule has 0 fully saturated rings. The summed E-state index contributed by atoms with van der Waals surface area (Å²) in [5.74, 6) is -0.164. The van der Waals surface area contributed by atoms with Crippen LogP contribution in [0.15, 0.2) is 24.5 Å². The number of pyridine rings is 1. The Kier molecular flexibility index (Phi) is 4.52. The normalized spacial score (nSPS) is 10.4. The Morgan fingerprint density at radius 1 is 1.50 bits per heavy atom. The second kappa shape index (κ2) is 4.64. The summed E-state index contributed by atoms with van der Waals surface area (Å²) in [5, 5.41) is 0. The highest BCUT2D eigenvalue weighted by Gasteiger charge is 2.05. The van der Waals surface area contributed by atoms with Gasteiger partial charge in [0.05, 0.1) is 5.75 Å². The minimum atomic E-state index is -3.44. The Balaban J connectivity index is 0.00000121. The van der Waals surface area contributed by atoms with E-state index in [-0.39, 0.29) is 18.2 Å². The van der Waals surface area contributed by atoms with Crippen LogP contribution in [0.2, 0.25) is 0 Å². The van der Waals surface area contributed by atoms with E-state index in [4.69, 9.17) is 10.7 Å². The van der Waals surface area contributed by atoms with Crippen LogP contribution < -0.4 is 0 Å². The van der Waals surface area contributed by atoms with Gasteiger partial charge in [-0.25, -0.2) is 8.42 Å². The average molecular weight is 228 g/mol. The van der Waals surface area contributed by atoms with Gasteiger partial charge in [0.15, 0.2) is 0 Å². The maximum atomic E-state index is 10.5. The van der Waals surface area contributed by atoms with Gasteiger partial charge in [0.1, 0.15) is 0 Å². The highest BCUT2D eigenvalue weighted by molar-refractivity contribution is 8.13. The molecule has 0 bridgehead atoms. The third kappa shape index (κ3) is 4.54. The molecule has 1 aromatic heterocycles. The predicted octanol–water partition coefficient (Wildman–Crippen LogP) is 1.57. The van der Waals surface area contributed by atoms with E-state index in [1.165, 1.54) is 6.20 Å². The first-order valence-corrected chi connectivity index (χ1v) is 5.37.